The number of carbonyl (C=O) groups excluding carboxylic acids is 9. The number of halogens is 2. The number of phenols is 3. The quantitative estimate of drug-likeness (QED) is 0.0444. The monoisotopic (exact) mass is 1740 g/mol. The number of likely N-dealkylation sites (N-methyl/N-ethyl adjacent to an activating group) is 1. The first kappa shape index (κ1) is 90.0. The van der Waals surface area contributed by atoms with E-state index in [0.717, 1.165) is 119 Å². The molecular formula is C85H107Cl2N11O24. The van der Waals surface area contributed by atoms with Crippen molar-refractivity contribution in [2.45, 2.75) is 240 Å². The number of hydrogen-bond donors (Lipinski definition) is 20. The summed E-state index contributed by atoms with van der Waals surface area (Å²) >= 11 is 14.5. The maximum Gasteiger partial charge on any atom is 0.321 e. The van der Waals surface area contributed by atoms with E-state index in [1.165, 1.54) is 45.2 Å². The Balaban J connectivity index is 1.01. The zero-order valence-electron chi connectivity index (χ0n) is 68.1. The lowest BCUT2D eigenvalue weighted by Crippen LogP contribution is -2.64. The van der Waals surface area contributed by atoms with Crippen molar-refractivity contribution in [3.63, 3.8) is 0 Å². The zero-order chi connectivity index (χ0) is 87.6. The topological polar surface area (TPSA) is 537 Å². The Kier molecular flexibility index (Phi) is 28.2. The molecule has 18 atom stereocenters. The minimum absolute atomic E-state index is 0.0609. The van der Waals surface area contributed by atoms with Crippen LogP contribution in [0.2, 0.25) is 10.0 Å². The third-order valence-corrected chi connectivity index (χ3v) is 25.0. The molecular weight excluding hydrogens is 1630 g/mol. The average molecular weight is 1740 g/mol. The first-order valence-electron chi connectivity index (χ1n) is 41.4. The Morgan fingerprint density at radius 1 is 0.664 bits per heavy atom. The summed E-state index contributed by atoms with van der Waals surface area (Å²) in [6.45, 7) is 7.88. The van der Waals surface area contributed by atoms with E-state index in [2.05, 4.69) is 60.1 Å². The number of imide groups is 1. The fourth-order valence-corrected chi connectivity index (χ4v) is 18.7. The molecule has 15 bridgehead atoms. The third kappa shape index (κ3) is 19.9. The first-order valence-corrected chi connectivity index (χ1v) is 42.2. The number of fused-ring (bicyclic) bond motifs is 15. The van der Waals surface area contributed by atoms with Crippen molar-refractivity contribution >= 4 is 76.5 Å². The minimum atomic E-state index is -2.39. The van der Waals surface area contributed by atoms with Gasteiger partial charge in [0.2, 0.25) is 59.3 Å². The van der Waals surface area contributed by atoms with Gasteiger partial charge < -0.3 is 128 Å². The molecule has 122 heavy (non-hydrogen) atoms. The van der Waals surface area contributed by atoms with Crippen molar-refractivity contribution in [1.82, 2.24) is 53.2 Å². The fourth-order valence-electron chi connectivity index (χ4n) is 18.2. The fraction of sp³-hybridized carbons (Fsp3) is 0.541. The summed E-state index contributed by atoms with van der Waals surface area (Å²) in [5, 5.41) is 132. The van der Waals surface area contributed by atoms with Crippen molar-refractivity contribution in [3.8, 4) is 57.1 Å². The van der Waals surface area contributed by atoms with Gasteiger partial charge in [-0.15, -0.1) is 0 Å². The Morgan fingerprint density at radius 2 is 1.28 bits per heavy atom. The van der Waals surface area contributed by atoms with Crippen LogP contribution in [0.25, 0.3) is 11.1 Å². The molecule has 660 valence electrons. The van der Waals surface area contributed by atoms with Crippen molar-refractivity contribution in [2.24, 2.45) is 35.3 Å². The number of hydrogen-bond acceptors (Lipinski definition) is 26. The molecule has 7 aliphatic heterocycles. The van der Waals surface area contributed by atoms with Gasteiger partial charge in [0.25, 0.3) is 0 Å². The van der Waals surface area contributed by atoms with E-state index in [4.69, 9.17) is 57.4 Å². The molecule has 5 aromatic rings. The smallest absolute Gasteiger partial charge is 0.321 e. The van der Waals surface area contributed by atoms with Gasteiger partial charge in [0.1, 0.15) is 95.5 Å². The Labute approximate surface area is 712 Å². The Morgan fingerprint density at radius 3 is 1.90 bits per heavy atom. The molecule has 0 aromatic heterocycles. The highest BCUT2D eigenvalue weighted by atomic mass is 35.5. The molecule has 16 rings (SSSR count). The molecule has 0 spiro atoms. The first-order chi connectivity index (χ1) is 58.1. The lowest BCUT2D eigenvalue weighted by atomic mass is 9.54. The molecule has 37 heteroatoms. The van der Waals surface area contributed by atoms with Crippen LogP contribution in [0.5, 0.6) is 46.0 Å². The van der Waals surface area contributed by atoms with E-state index in [1.807, 2.05) is 13.8 Å². The minimum Gasteiger partial charge on any atom is -0.508 e. The molecule has 0 radical (unpaired) electrons. The van der Waals surface area contributed by atoms with Crippen molar-refractivity contribution in [3.05, 3.63) is 117 Å². The van der Waals surface area contributed by atoms with Crippen LogP contribution in [0.15, 0.2) is 78.9 Å². The zero-order valence-corrected chi connectivity index (χ0v) is 69.6. The molecule has 4 unspecified atom stereocenters. The highest BCUT2D eigenvalue weighted by Gasteiger charge is 2.53. The van der Waals surface area contributed by atoms with E-state index in [-0.39, 0.29) is 93.1 Å². The molecule has 6 fully saturated rings. The number of urea groups is 1. The van der Waals surface area contributed by atoms with E-state index in [1.54, 1.807) is 0 Å². The van der Waals surface area contributed by atoms with Crippen LogP contribution < -0.4 is 73.1 Å². The number of rotatable bonds is 21. The molecule has 11 aliphatic rings. The normalized spacial score (nSPS) is 30.8. The number of ether oxygens (including phenoxy) is 6. The van der Waals surface area contributed by atoms with Crippen molar-refractivity contribution in [2.75, 3.05) is 20.2 Å². The third-order valence-electron chi connectivity index (χ3n) is 24.4. The van der Waals surface area contributed by atoms with Gasteiger partial charge in [0.15, 0.2) is 23.9 Å². The summed E-state index contributed by atoms with van der Waals surface area (Å²) in [7, 11) is 1.48. The van der Waals surface area contributed by atoms with Crippen LogP contribution >= 0.6 is 23.2 Å². The van der Waals surface area contributed by atoms with Crippen LogP contribution in [0.4, 0.5) is 4.79 Å². The van der Waals surface area contributed by atoms with Gasteiger partial charge in [-0.1, -0.05) is 94.3 Å². The van der Waals surface area contributed by atoms with Crippen LogP contribution in [-0.4, -0.2) is 204 Å². The van der Waals surface area contributed by atoms with Gasteiger partial charge in [-0.05, 0) is 178 Å². The molecule has 4 aliphatic carbocycles. The number of amides is 10. The summed E-state index contributed by atoms with van der Waals surface area (Å²) in [5.41, 5.74) is 2.99. The van der Waals surface area contributed by atoms with Crippen LogP contribution in [0, 0.1) is 29.6 Å². The van der Waals surface area contributed by atoms with E-state index >= 15 is 28.8 Å². The molecule has 5 aromatic carbocycles. The number of phenolic OH excluding ortho intramolecular Hbond substituents is 3. The molecule has 7 heterocycles. The summed E-state index contributed by atoms with van der Waals surface area (Å²) < 4.78 is 39.0. The second kappa shape index (κ2) is 38.2. The molecule has 2 saturated heterocycles. The second-order valence-electron chi connectivity index (χ2n) is 33.9. The highest BCUT2D eigenvalue weighted by molar-refractivity contribution is 6.32. The predicted octanol–water partition coefficient (Wildman–Crippen LogP) is 4.66. The van der Waals surface area contributed by atoms with Gasteiger partial charge in [0, 0.05) is 41.7 Å². The number of aromatic hydroxyl groups is 3. The van der Waals surface area contributed by atoms with Gasteiger partial charge in [-0.3, -0.25) is 43.7 Å². The van der Waals surface area contributed by atoms with Crippen LogP contribution in [0.1, 0.15) is 183 Å². The SMILES string of the molecule is CCCCCCCCNC(=O)NC(=O)CC1NC(=O)C(NC(=O)[C@@H](CC(C)C)NC)[C@H](O)c2ccc(c(Cl)c2)Oc2cc3cc(c2O[C@H]2O[C@H](CO)[C@@H](O)[C@H](O)[C@H]2OC2C[C@](C)(N)[C@H](O)[C@H](C)O2)Oc2ccc(cc2Cl)[C@@H](O)[C@@H]2NC(=O)[C@H](NC(=O)C3NC1=O)c1ccc(O)c(c1)-c1c(O)cc(O)cc1[C@H](C(=O)NC1C3CC4CC(C3)CC1C4)NC2=O. The maximum atomic E-state index is 16.6. The predicted molar refractivity (Wildman–Crippen MR) is 436 cm³/mol. The van der Waals surface area contributed by atoms with Crippen LogP contribution in [0.3, 0.4) is 0 Å². The number of aliphatic hydroxyl groups excluding tert-OH is 6. The van der Waals surface area contributed by atoms with Crippen molar-refractivity contribution in [1.29, 1.82) is 0 Å². The van der Waals surface area contributed by atoms with Crippen LogP contribution in [-0.2, 0) is 52.6 Å². The highest BCUT2D eigenvalue weighted by Crippen LogP contribution is 2.55. The lowest BCUT2D eigenvalue weighted by Gasteiger charge is -2.54. The number of nitrogens with one attached hydrogen (secondary N) is 10. The number of aliphatic hydroxyl groups is 6. The Hall–Kier alpha value is -9.73. The largest absolute Gasteiger partial charge is 0.508 e. The second-order valence-corrected chi connectivity index (χ2v) is 34.8. The standard InChI is InChI=1S/C85H107Cl2N11O24/c1-7-8-9-10-11-12-19-90-84(116)92-60(103)33-52-77(110)94-65-45-29-57(118-55-17-14-41(27-49(55)86)69(104)67(81(114)91-52)97-76(109)51(89-6)20-36(2)3)73(122-83-74(72(107)71(106)59(35-99)120-83)121-61-34-85(5,88)75(108)37(4)117-61)58(30-45)119-56-18-15-42(28-50(56)87)70(105)68-82(115)96-66(80(113)93-63-43-22-38-21-39(24-43)25-44(63)23-38)48-31-46(100)32-54(102)62(48)47-26-40(13-16-53(47)101)64(78(111)98-68)95-79(65)112/h13-18,26-32,36-39,43-44,51-52,59,61,63-72,74-75,83,89,99-102,104-108H,7-12,19-25,33-35,88H2,1-6H3,(H,91,114)(H,93,113)(H,94,110)(H,95,112)(H,96,115)(H,97,109)(H,98,111)(H2,90,92,103,116)/t37-,38?,39?,43?,44?,51+,52?,59+,61?,63?,64+,65?,66+,67?,68-,69+,70+,71+,72-,74+,75+,83+,85-/m0/s1. The summed E-state index contributed by atoms with van der Waals surface area (Å²) in [6.07, 6.45) is -9.28. The molecule has 10 amide bonds. The van der Waals surface area contributed by atoms with Gasteiger partial charge in [-0.2, -0.15) is 0 Å². The summed E-state index contributed by atoms with van der Waals surface area (Å²) in [5.74, 6) is -13.4. The van der Waals surface area contributed by atoms with E-state index in [0.29, 0.717) is 18.3 Å². The maximum absolute atomic E-state index is 16.6. The van der Waals surface area contributed by atoms with Crippen molar-refractivity contribution < 1.29 is 118 Å². The molecule has 21 N–H and O–H groups in total. The van der Waals surface area contributed by atoms with E-state index < -0.39 is 221 Å². The van der Waals surface area contributed by atoms with Gasteiger partial charge in [-0.25, -0.2) is 4.79 Å². The van der Waals surface area contributed by atoms with Gasteiger partial charge in [0.05, 0.1) is 41.3 Å². The summed E-state index contributed by atoms with van der Waals surface area (Å²) in [6, 6.07) is -0.909. The van der Waals surface area contributed by atoms with E-state index in [9.17, 15) is 60.3 Å². The lowest BCUT2D eigenvalue weighted by molar-refractivity contribution is -0.333. The number of nitrogens with two attached hydrogens (primary N) is 1. The number of benzene rings is 5. The average Bonchev–Trinajstić information content (AvgIpc) is 0.761. The number of unbranched alkanes of at least 4 members (excludes halogenated alkanes) is 5. The van der Waals surface area contributed by atoms with Gasteiger partial charge >= 0.3 is 6.03 Å². The number of carbonyl (C=O) groups is 9. The Bertz CT molecular complexity index is 4740. The summed E-state index contributed by atoms with van der Waals surface area (Å²) in [4.78, 5) is 138. The molecule has 4 saturated carbocycles. The molecule has 35 nitrogen and oxygen atoms in total.